The Balaban J connectivity index is 4.09. The van der Waals surface area contributed by atoms with E-state index in [0.29, 0.717) is 5.71 Å². The van der Waals surface area contributed by atoms with Crippen LogP contribution in [0.4, 0.5) is 0 Å². The Kier molecular flexibility index (Phi) is 4.18. The summed E-state index contributed by atoms with van der Waals surface area (Å²) in [6.07, 6.45) is 0.132. The standard InChI is InChI=1S/C8H14N2O2/c1-5(2)10-6(3)4-7(9)8(11)12/h5,9H,4H2,1-3H3,(H,11,12). The van der Waals surface area contributed by atoms with Gasteiger partial charge in [-0.25, -0.2) is 4.79 Å². The van der Waals surface area contributed by atoms with E-state index < -0.39 is 5.97 Å². The quantitative estimate of drug-likeness (QED) is 0.625. The summed E-state index contributed by atoms with van der Waals surface area (Å²) in [6, 6.07) is 0.159. The van der Waals surface area contributed by atoms with Crippen LogP contribution in [-0.4, -0.2) is 28.5 Å². The largest absolute Gasteiger partial charge is 0.477 e. The van der Waals surface area contributed by atoms with E-state index in [9.17, 15) is 4.79 Å². The summed E-state index contributed by atoms with van der Waals surface area (Å²) in [5.41, 5.74) is 0.384. The van der Waals surface area contributed by atoms with Crippen molar-refractivity contribution in [1.82, 2.24) is 0 Å². The minimum Gasteiger partial charge on any atom is -0.477 e. The SMILES string of the molecule is CC(CC(=N)C(=O)O)=NC(C)C. The predicted molar refractivity (Wildman–Crippen MR) is 48.2 cm³/mol. The van der Waals surface area contributed by atoms with Gasteiger partial charge < -0.3 is 5.11 Å². The third kappa shape index (κ3) is 4.60. The van der Waals surface area contributed by atoms with Crippen LogP contribution in [0, 0.1) is 5.41 Å². The highest BCUT2D eigenvalue weighted by Gasteiger charge is 2.07. The molecule has 4 nitrogen and oxygen atoms in total. The summed E-state index contributed by atoms with van der Waals surface area (Å²) in [6.45, 7) is 5.55. The van der Waals surface area contributed by atoms with E-state index in [0.717, 1.165) is 0 Å². The van der Waals surface area contributed by atoms with E-state index in [2.05, 4.69) is 4.99 Å². The molecule has 0 unspecified atom stereocenters. The molecule has 0 aromatic carbocycles. The van der Waals surface area contributed by atoms with Gasteiger partial charge in [0, 0.05) is 18.2 Å². The zero-order chi connectivity index (χ0) is 9.72. The summed E-state index contributed by atoms with van der Waals surface area (Å²) >= 11 is 0. The van der Waals surface area contributed by atoms with Gasteiger partial charge in [-0.1, -0.05) is 0 Å². The zero-order valence-corrected chi connectivity index (χ0v) is 7.59. The number of carbonyl (C=O) groups is 1. The Bertz CT molecular complexity index is 219. The van der Waals surface area contributed by atoms with Crippen molar-refractivity contribution in [2.75, 3.05) is 0 Å². The average Bonchev–Trinajstić information content (AvgIpc) is 1.84. The van der Waals surface area contributed by atoms with Gasteiger partial charge in [0.25, 0.3) is 0 Å². The predicted octanol–water partition coefficient (Wildman–Crippen LogP) is 1.35. The maximum atomic E-state index is 10.2. The van der Waals surface area contributed by atoms with Gasteiger partial charge in [-0.2, -0.15) is 0 Å². The highest BCUT2D eigenvalue weighted by atomic mass is 16.4. The van der Waals surface area contributed by atoms with Crippen LogP contribution in [0.5, 0.6) is 0 Å². The van der Waals surface area contributed by atoms with Gasteiger partial charge >= 0.3 is 5.97 Å². The molecule has 0 atom stereocenters. The molecule has 0 rings (SSSR count). The van der Waals surface area contributed by atoms with E-state index in [1.165, 1.54) is 0 Å². The van der Waals surface area contributed by atoms with E-state index >= 15 is 0 Å². The van der Waals surface area contributed by atoms with Crippen molar-refractivity contribution in [2.45, 2.75) is 33.2 Å². The molecule has 0 bridgehead atoms. The molecule has 0 amide bonds. The monoisotopic (exact) mass is 170 g/mol. The van der Waals surface area contributed by atoms with Crippen molar-refractivity contribution in [1.29, 1.82) is 5.41 Å². The number of rotatable bonds is 4. The van der Waals surface area contributed by atoms with Crippen molar-refractivity contribution < 1.29 is 9.90 Å². The van der Waals surface area contributed by atoms with Gasteiger partial charge in [-0.05, 0) is 20.8 Å². The van der Waals surface area contributed by atoms with E-state index in [4.69, 9.17) is 10.5 Å². The lowest BCUT2D eigenvalue weighted by molar-refractivity contribution is -0.129. The molecular weight excluding hydrogens is 156 g/mol. The van der Waals surface area contributed by atoms with Crippen molar-refractivity contribution >= 4 is 17.4 Å². The molecule has 4 heteroatoms. The fraction of sp³-hybridized carbons (Fsp3) is 0.625. The second-order valence-electron chi connectivity index (χ2n) is 2.92. The molecule has 68 valence electrons. The molecule has 0 saturated carbocycles. The number of carboxylic acids is 1. The minimum absolute atomic E-state index is 0.132. The van der Waals surface area contributed by atoms with Crippen molar-refractivity contribution in [2.24, 2.45) is 4.99 Å². The molecule has 0 fully saturated rings. The number of hydrogen-bond acceptors (Lipinski definition) is 3. The van der Waals surface area contributed by atoms with Gasteiger partial charge in [0.15, 0.2) is 0 Å². The van der Waals surface area contributed by atoms with E-state index in [1.807, 2.05) is 13.8 Å². The first-order valence-corrected chi connectivity index (χ1v) is 3.77. The van der Waals surface area contributed by atoms with Gasteiger partial charge in [0.05, 0.1) is 0 Å². The molecule has 0 radical (unpaired) electrons. The van der Waals surface area contributed by atoms with Crippen molar-refractivity contribution in [3.05, 3.63) is 0 Å². The van der Waals surface area contributed by atoms with Gasteiger partial charge in [0.1, 0.15) is 5.71 Å². The number of hydrogen-bond donors (Lipinski definition) is 2. The fourth-order valence-electron chi connectivity index (χ4n) is 0.818. The summed E-state index contributed by atoms with van der Waals surface area (Å²) in [5, 5.41) is 15.4. The minimum atomic E-state index is -1.17. The zero-order valence-electron chi connectivity index (χ0n) is 7.59. The first kappa shape index (κ1) is 10.8. The van der Waals surface area contributed by atoms with Crippen LogP contribution < -0.4 is 0 Å². The molecule has 0 aliphatic rings. The first-order chi connectivity index (χ1) is 5.43. The maximum Gasteiger partial charge on any atom is 0.349 e. The number of nitrogens with one attached hydrogen (secondary N) is 1. The average molecular weight is 170 g/mol. The Labute approximate surface area is 71.8 Å². The Hall–Kier alpha value is -1.19. The molecule has 0 heterocycles. The molecule has 12 heavy (non-hydrogen) atoms. The Morgan fingerprint density at radius 3 is 2.42 bits per heavy atom. The van der Waals surface area contributed by atoms with Crippen molar-refractivity contribution in [3.8, 4) is 0 Å². The van der Waals surface area contributed by atoms with Crippen LogP contribution in [0.25, 0.3) is 0 Å². The number of aliphatic carboxylic acids is 1. The Morgan fingerprint density at radius 2 is 2.08 bits per heavy atom. The third-order valence-corrected chi connectivity index (χ3v) is 1.17. The molecule has 2 N–H and O–H groups in total. The van der Waals surface area contributed by atoms with Crippen LogP contribution in [-0.2, 0) is 4.79 Å². The van der Waals surface area contributed by atoms with Crippen LogP contribution in [0.2, 0.25) is 0 Å². The summed E-state index contributed by atoms with van der Waals surface area (Å²) in [7, 11) is 0. The number of carboxylic acid groups (broad SMARTS) is 1. The summed E-state index contributed by atoms with van der Waals surface area (Å²) < 4.78 is 0. The molecular formula is C8H14N2O2. The third-order valence-electron chi connectivity index (χ3n) is 1.17. The van der Waals surface area contributed by atoms with Crippen molar-refractivity contribution in [3.63, 3.8) is 0 Å². The lowest BCUT2D eigenvalue weighted by Crippen LogP contribution is -2.15. The topological polar surface area (TPSA) is 73.5 Å². The van der Waals surface area contributed by atoms with E-state index in [1.54, 1.807) is 6.92 Å². The lowest BCUT2D eigenvalue weighted by atomic mass is 10.2. The van der Waals surface area contributed by atoms with Crippen LogP contribution in [0.3, 0.4) is 0 Å². The summed E-state index contributed by atoms with van der Waals surface area (Å²) in [5.74, 6) is -1.17. The smallest absolute Gasteiger partial charge is 0.349 e. The molecule has 0 spiro atoms. The van der Waals surface area contributed by atoms with Crippen LogP contribution in [0.15, 0.2) is 4.99 Å². The number of aliphatic imine (C=N–C) groups is 1. The highest BCUT2D eigenvalue weighted by molar-refractivity contribution is 6.37. The van der Waals surface area contributed by atoms with Gasteiger partial charge in [-0.3, -0.25) is 10.4 Å². The number of nitrogens with zero attached hydrogens (tertiary/aromatic N) is 1. The highest BCUT2D eigenvalue weighted by Crippen LogP contribution is 1.94. The van der Waals surface area contributed by atoms with Crippen LogP contribution in [0.1, 0.15) is 27.2 Å². The normalized spacial score (nSPS) is 11.8. The van der Waals surface area contributed by atoms with Crippen LogP contribution >= 0.6 is 0 Å². The molecule has 0 saturated heterocycles. The van der Waals surface area contributed by atoms with E-state index in [-0.39, 0.29) is 18.2 Å². The molecule has 0 aromatic heterocycles. The molecule has 0 aliphatic heterocycles. The first-order valence-electron chi connectivity index (χ1n) is 3.77. The van der Waals surface area contributed by atoms with Gasteiger partial charge in [-0.15, -0.1) is 0 Å². The molecule has 0 aromatic rings. The fourth-order valence-corrected chi connectivity index (χ4v) is 0.818. The Morgan fingerprint density at radius 1 is 1.58 bits per heavy atom. The summed E-state index contributed by atoms with van der Waals surface area (Å²) in [4.78, 5) is 14.4. The maximum absolute atomic E-state index is 10.2. The van der Waals surface area contributed by atoms with Gasteiger partial charge in [0.2, 0.25) is 0 Å². The molecule has 0 aliphatic carbocycles. The second-order valence-corrected chi connectivity index (χ2v) is 2.92. The second kappa shape index (κ2) is 4.64. The lowest BCUT2D eigenvalue weighted by Gasteiger charge is -2.01.